The minimum Gasteiger partial charge on any atom is -0.354 e. The van der Waals surface area contributed by atoms with E-state index in [9.17, 15) is 18.0 Å². The molecule has 1 aromatic heterocycles. The first-order chi connectivity index (χ1) is 8.09. The summed E-state index contributed by atoms with van der Waals surface area (Å²) in [6.07, 6.45) is -0.163. The largest absolute Gasteiger partial charge is 0.454 e. The number of aromatic nitrogens is 1. The van der Waals surface area contributed by atoms with Gasteiger partial charge >= 0.3 is 6.18 Å². The number of nitrogens with zero attached hydrogens (tertiary/aromatic N) is 1. The molecular formula is C13H18F3NO. The number of aryl methyl sites for hydroxylation is 1. The van der Waals surface area contributed by atoms with E-state index in [4.69, 9.17) is 0 Å². The van der Waals surface area contributed by atoms with E-state index >= 15 is 0 Å². The Kier molecular flexibility index (Phi) is 4.24. The van der Waals surface area contributed by atoms with Gasteiger partial charge in [0, 0.05) is 24.5 Å². The average molecular weight is 261 g/mol. The van der Waals surface area contributed by atoms with Crippen molar-refractivity contribution in [2.75, 3.05) is 0 Å². The van der Waals surface area contributed by atoms with Crippen molar-refractivity contribution in [3.8, 4) is 0 Å². The molecule has 0 aromatic carbocycles. The SMILES string of the molecule is CC(C)(C)CCCn1ccc(C(=O)C(F)(F)F)c1. The van der Waals surface area contributed by atoms with Crippen LogP contribution in [0.3, 0.4) is 0 Å². The molecule has 1 rings (SSSR count). The Labute approximate surface area is 105 Å². The zero-order valence-corrected chi connectivity index (χ0v) is 10.8. The number of ketones is 1. The number of hydrogen-bond donors (Lipinski definition) is 0. The molecule has 0 amide bonds. The minimum absolute atomic E-state index is 0.206. The highest BCUT2D eigenvalue weighted by Crippen LogP contribution is 2.23. The molecule has 2 nitrogen and oxygen atoms in total. The second kappa shape index (κ2) is 5.16. The lowest BCUT2D eigenvalue weighted by Gasteiger charge is -2.17. The molecule has 0 radical (unpaired) electrons. The van der Waals surface area contributed by atoms with Crippen LogP contribution in [0.15, 0.2) is 18.5 Å². The predicted molar refractivity (Wildman–Crippen MR) is 63.5 cm³/mol. The smallest absolute Gasteiger partial charge is 0.354 e. The predicted octanol–water partition coefficient (Wildman–Crippen LogP) is 4.06. The van der Waals surface area contributed by atoms with E-state index in [0.717, 1.165) is 12.8 Å². The van der Waals surface area contributed by atoms with Gasteiger partial charge in [-0.25, -0.2) is 0 Å². The van der Waals surface area contributed by atoms with Crippen molar-refractivity contribution >= 4 is 5.78 Å². The quantitative estimate of drug-likeness (QED) is 0.749. The van der Waals surface area contributed by atoms with Crippen LogP contribution in [-0.2, 0) is 6.54 Å². The van der Waals surface area contributed by atoms with Crippen LogP contribution in [0.1, 0.15) is 44.0 Å². The van der Waals surface area contributed by atoms with E-state index in [1.165, 1.54) is 18.5 Å². The van der Waals surface area contributed by atoms with Gasteiger partial charge in [0.2, 0.25) is 0 Å². The summed E-state index contributed by atoms with van der Waals surface area (Å²) < 4.78 is 38.2. The van der Waals surface area contributed by atoms with Crippen molar-refractivity contribution in [3.63, 3.8) is 0 Å². The summed E-state index contributed by atoms with van der Waals surface area (Å²) in [6, 6.07) is 1.22. The maximum Gasteiger partial charge on any atom is 0.454 e. The molecule has 0 aliphatic rings. The van der Waals surface area contributed by atoms with Gasteiger partial charge in [0.25, 0.3) is 5.78 Å². The summed E-state index contributed by atoms with van der Waals surface area (Å²) in [5, 5.41) is 0. The third-order valence-corrected chi connectivity index (χ3v) is 2.61. The van der Waals surface area contributed by atoms with Crippen LogP contribution in [0.2, 0.25) is 0 Å². The first-order valence-electron chi connectivity index (χ1n) is 5.87. The average Bonchev–Trinajstić information content (AvgIpc) is 2.61. The molecule has 1 heterocycles. The fraction of sp³-hybridized carbons (Fsp3) is 0.615. The molecule has 0 saturated carbocycles. The van der Waals surface area contributed by atoms with Crippen molar-refractivity contribution < 1.29 is 18.0 Å². The van der Waals surface area contributed by atoms with Gasteiger partial charge in [-0.05, 0) is 24.3 Å². The Balaban J connectivity index is 2.57. The zero-order valence-electron chi connectivity index (χ0n) is 10.8. The fourth-order valence-electron chi connectivity index (χ4n) is 1.67. The van der Waals surface area contributed by atoms with Gasteiger partial charge in [-0.2, -0.15) is 13.2 Å². The standard InChI is InChI=1S/C13H18F3NO/c1-12(2,3)6-4-7-17-8-5-10(9-17)11(18)13(14,15)16/h5,8-9H,4,6-7H2,1-3H3. The molecule has 0 aliphatic carbocycles. The summed E-state index contributed by atoms with van der Waals surface area (Å²) in [4.78, 5) is 11.0. The van der Waals surface area contributed by atoms with Gasteiger partial charge in [-0.1, -0.05) is 20.8 Å². The van der Waals surface area contributed by atoms with E-state index in [0.29, 0.717) is 6.54 Å². The third-order valence-electron chi connectivity index (χ3n) is 2.61. The highest BCUT2D eigenvalue weighted by molar-refractivity contribution is 6.00. The molecule has 0 aliphatic heterocycles. The monoisotopic (exact) mass is 261 g/mol. The Morgan fingerprint density at radius 3 is 2.39 bits per heavy atom. The van der Waals surface area contributed by atoms with Gasteiger partial charge in [0.15, 0.2) is 0 Å². The van der Waals surface area contributed by atoms with Crippen molar-refractivity contribution in [2.24, 2.45) is 5.41 Å². The summed E-state index contributed by atoms with van der Waals surface area (Å²) in [6.45, 7) is 6.96. The summed E-state index contributed by atoms with van der Waals surface area (Å²) in [7, 11) is 0. The number of rotatable bonds is 4. The zero-order chi connectivity index (χ0) is 14.0. The van der Waals surface area contributed by atoms with Crippen LogP contribution in [0, 0.1) is 5.41 Å². The molecule has 5 heteroatoms. The van der Waals surface area contributed by atoms with E-state index in [1.54, 1.807) is 4.57 Å². The number of hydrogen-bond acceptors (Lipinski definition) is 1. The molecule has 0 unspecified atom stereocenters. The van der Waals surface area contributed by atoms with Crippen molar-refractivity contribution in [3.05, 3.63) is 24.0 Å². The molecule has 0 atom stereocenters. The topological polar surface area (TPSA) is 22.0 Å². The van der Waals surface area contributed by atoms with E-state index < -0.39 is 12.0 Å². The molecule has 102 valence electrons. The van der Waals surface area contributed by atoms with E-state index in [1.807, 2.05) is 0 Å². The van der Waals surface area contributed by atoms with Gasteiger partial charge in [-0.15, -0.1) is 0 Å². The number of halogens is 3. The third kappa shape index (κ3) is 4.55. The lowest BCUT2D eigenvalue weighted by Crippen LogP contribution is -2.22. The van der Waals surface area contributed by atoms with Gasteiger partial charge in [0.1, 0.15) is 0 Å². The highest BCUT2D eigenvalue weighted by atomic mass is 19.4. The van der Waals surface area contributed by atoms with E-state index in [2.05, 4.69) is 20.8 Å². The number of alkyl halides is 3. The molecule has 1 aromatic rings. The summed E-state index contributed by atoms with van der Waals surface area (Å²) in [5.41, 5.74) is -0.0872. The highest BCUT2D eigenvalue weighted by Gasteiger charge is 2.39. The van der Waals surface area contributed by atoms with Crippen LogP contribution in [-0.4, -0.2) is 16.5 Å². The number of carbonyl (C=O) groups excluding carboxylic acids is 1. The molecule has 0 saturated heterocycles. The lowest BCUT2D eigenvalue weighted by atomic mass is 9.91. The maximum absolute atomic E-state index is 12.2. The minimum atomic E-state index is -4.79. The van der Waals surface area contributed by atoms with E-state index in [-0.39, 0.29) is 11.0 Å². The summed E-state index contributed by atoms with van der Waals surface area (Å²) in [5.74, 6) is -1.78. The molecule has 0 N–H and O–H groups in total. The first kappa shape index (κ1) is 14.8. The lowest BCUT2D eigenvalue weighted by molar-refractivity contribution is -0.0885. The van der Waals surface area contributed by atoms with Gasteiger partial charge < -0.3 is 4.57 Å². The van der Waals surface area contributed by atoms with Crippen LogP contribution in [0.4, 0.5) is 13.2 Å². The number of carbonyl (C=O) groups is 1. The van der Waals surface area contributed by atoms with Crippen molar-refractivity contribution in [2.45, 2.75) is 46.3 Å². The molecule has 0 bridgehead atoms. The van der Waals surface area contributed by atoms with Crippen molar-refractivity contribution in [1.29, 1.82) is 0 Å². The summed E-state index contributed by atoms with van der Waals surface area (Å²) >= 11 is 0. The Morgan fingerprint density at radius 2 is 1.89 bits per heavy atom. The van der Waals surface area contributed by atoms with Crippen LogP contribution >= 0.6 is 0 Å². The van der Waals surface area contributed by atoms with Gasteiger partial charge in [-0.3, -0.25) is 4.79 Å². The molecule has 0 spiro atoms. The van der Waals surface area contributed by atoms with Crippen molar-refractivity contribution in [1.82, 2.24) is 4.57 Å². The molecule has 18 heavy (non-hydrogen) atoms. The first-order valence-corrected chi connectivity index (χ1v) is 5.87. The normalized spacial score (nSPS) is 12.8. The second-order valence-electron chi connectivity index (χ2n) is 5.63. The molecule has 0 fully saturated rings. The fourth-order valence-corrected chi connectivity index (χ4v) is 1.67. The maximum atomic E-state index is 12.2. The molecular weight excluding hydrogens is 243 g/mol. The Morgan fingerprint density at radius 1 is 1.28 bits per heavy atom. The Bertz CT molecular complexity index is 413. The van der Waals surface area contributed by atoms with Crippen LogP contribution in [0.25, 0.3) is 0 Å². The number of Topliss-reactive ketones (excluding diaryl/α,β-unsaturated/α-hetero) is 1. The van der Waals surface area contributed by atoms with Gasteiger partial charge in [0.05, 0.1) is 0 Å². The van der Waals surface area contributed by atoms with Crippen LogP contribution in [0.5, 0.6) is 0 Å². The van der Waals surface area contributed by atoms with Crippen LogP contribution < -0.4 is 0 Å². The Hall–Kier alpha value is -1.26. The second-order valence-corrected chi connectivity index (χ2v) is 5.63.